The molecule has 0 aliphatic carbocycles. The Bertz CT molecular complexity index is 1310. The summed E-state index contributed by atoms with van der Waals surface area (Å²) < 4.78 is 5.30. The van der Waals surface area contributed by atoms with Gasteiger partial charge in [-0.15, -0.1) is 0 Å². The molecule has 150 valence electrons. The molecule has 4 rings (SSSR count). The lowest BCUT2D eigenvalue weighted by Crippen LogP contribution is -2.30. The normalized spacial score (nSPS) is 11.9. The minimum Gasteiger partial charge on any atom is -0.452 e. The Morgan fingerprint density at radius 3 is 2.43 bits per heavy atom. The molecule has 2 N–H and O–H groups in total. The number of carbonyl (C=O) groups is 2. The Kier molecular flexibility index (Phi) is 5.26. The second-order valence-corrected chi connectivity index (χ2v) is 6.87. The van der Waals surface area contributed by atoms with E-state index in [4.69, 9.17) is 4.74 Å². The summed E-state index contributed by atoms with van der Waals surface area (Å²) in [4.78, 5) is 36.8. The summed E-state index contributed by atoms with van der Waals surface area (Å²) in [6.45, 7) is 1.51. The number of fused-ring (bicyclic) bond motifs is 2. The highest BCUT2D eigenvalue weighted by atomic mass is 16.5. The van der Waals surface area contributed by atoms with Crippen molar-refractivity contribution in [3.63, 3.8) is 0 Å². The van der Waals surface area contributed by atoms with Crippen LogP contribution in [0.2, 0.25) is 0 Å². The average molecular weight is 401 g/mol. The SMILES string of the molecule is C[C@H](OC(=O)Cc1n[nH]c(=O)c2ccccc12)C(=O)Nc1cccc2ccccc12. The molecule has 1 amide bonds. The maximum atomic E-state index is 12.5. The second kappa shape index (κ2) is 8.16. The summed E-state index contributed by atoms with van der Waals surface area (Å²) >= 11 is 0. The first-order chi connectivity index (χ1) is 14.5. The lowest BCUT2D eigenvalue weighted by atomic mass is 10.1. The molecule has 1 heterocycles. The van der Waals surface area contributed by atoms with Crippen LogP contribution in [-0.2, 0) is 20.7 Å². The number of carbonyl (C=O) groups excluding carboxylic acids is 2. The van der Waals surface area contributed by atoms with Gasteiger partial charge in [-0.2, -0.15) is 5.10 Å². The van der Waals surface area contributed by atoms with Crippen LogP contribution in [0.5, 0.6) is 0 Å². The van der Waals surface area contributed by atoms with Crippen LogP contribution in [0.3, 0.4) is 0 Å². The number of amides is 1. The van der Waals surface area contributed by atoms with Crippen molar-refractivity contribution in [2.45, 2.75) is 19.4 Å². The van der Waals surface area contributed by atoms with Crippen molar-refractivity contribution in [1.82, 2.24) is 10.2 Å². The maximum Gasteiger partial charge on any atom is 0.312 e. The maximum absolute atomic E-state index is 12.5. The molecular weight excluding hydrogens is 382 g/mol. The van der Waals surface area contributed by atoms with Gasteiger partial charge in [0.2, 0.25) is 0 Å². The summed E-state index contributed by atoms with van der Waals surface area (Å²) in [6.07, 6.45) is -1.16. The first-order valence-electron chi connectivity index (χ1n) is 9.47. The van der Waals surface area contributed by atoms with Crippen LogP contribution in [0.15, 0.2) is 71.5 Å². The monoisotopic (exact) mass is 401 g/mol. The molecule has 0 aliphatic heterocycles. The topological polar surface area (TPSA) is 101 Å². The molecule has 3 aromatic carbocycles. The van der Waals surface area contributed by atoms with Crippen molar-refractivity contribution in [3.05, 3.63) is 82.8 Å². The van der Waals surface area contributed by atoms with Crippen molar-refractivity contribution in [2.24, 2.45) is 0 Å². The van der Waals surface area contributed by atoms with Gasteiger partial charge >= 0.3 is 5.97 Å². The van der Waals surface area contributed by atoms with Gasteiger partial charge < -0.3 is 10.1 Å². The van der Waals surface area contributed by atoms with Gasteiger partial charge in [0.05, 0.1) is 17.5 Å². The second-order valence-electron chi connectivity index (χ2n) is 6.87. The molecule has 30 heavy (non-hydrogen) atoms. The first kappa shape index (κ1) is 19.3. The fraction of sp³-hybridized carbons (Fsp3) is 0.130. The van der Waals surface area contributed by atoms with E-state index in [1.807, 2.05) is 36.4 Å². The molecular formula is C23H19N3O4. The number of esters is 1. The molecule has 0 fully saturated rings. The average Bonchev–Trinajstić information content (AvgIpc) is 2.76. The molecule has 0 saturated heterocycles. The van der Waals surface area contributed by atoms with E-state index < -0.39 is 18.0 Å². The Balaban J connectivity index is 1.45. The lowest BCUT2D eigenvalue weighted by molar-refractivity contribution is -0.152. The van der Waals surface area contributed by atoms with Crippen molar-refractivity contribution in [2.75, 3.05) is 5.32 Å². The minimum absolute atomic E-state index is 0.164. The van der Waals surface area contributed by atoms with Crippen LogP contribution < -0.4 is 10.9 Å². The van der Waals surface area contributed by atoms with Crippen LogP contribution in [0.1, 0.15) is 12.6 Å². The van der Waals surface area contributed by atoms with Gasteiger partial charge in [-0.25, -0.2) is 5.10 Å². The molecule has 7 heteroatoms. The highest BCUT2D eigenvalue weighted by Gasteiger charge is 2.20. The van der Waals surface area contributed by atoms with Gasteiger partial charge in [-0.05, 0) is 24.4 Å². The molecule has 0 aliphatic rings. The van der Waals surface area contributed by atoms with E-state index >= 15 is 0 Å². The summed E-state index contributed by atoms with van der Waals surface area (Å²) in [5.74, 6) is -1.04. The predicted octanol–water partition coefficient (Wildman–Crippen LogP) is 3.19. The summed E-state index contributed by atoms with van der Waals surface area (Å²) in [5.41, 5.74) is 0.705. The number of nitrogens with zero attached hydrogens (tertiary/aromatic N) is 1. The largest absolute Gasteiger partial charge is 0.452 e. The van der Waals surface area contributed by atoms with Gasteiger partial charge in [0, 0.05) is 16.5 Å². The van der Waals surface area contributed by atoms with E-state index in [2.05, 4.69) is 15.5 Å². The van der Waals surface area contributed by atoms with Crippen molar-refractivity contribution in [3.8, 4) is 0 Å². The quantitative estimate of drug-likeness (QED) is 0.500. The standard InChI is InChI=1S/C23H19N3O4/c1-14(22(28)24-19-12-6-8-15-7-2-3-9-16(15)19)30-21(27)13-20-17-10-4-5-11-18(17)23(29)26-25-20/h2-12,14H,13H2,1H3,(H,24,28)(H,26,29)/t14-/m0/s1. The zero-order chi connectivity index (χ0) is 21.1. The fourth-order valence-electron chi connectivity index (χ4n) is 3.30. The van der Waals surface area contributed by atoms with Crippen molar-refractivity contribution in [1.29, 1.82) is 0 Å². The first-order valence-corrected chi connectivity index (χ1v) is 9.47. The van der Waals surface area contributed by atoms with Crippen molar-refractivity contribution < 1.29 is 14.3 Å². The van der Waals surface area contributed by atoms with Crippen LogP contribution in [-0.4, -0.2) is 28.2 Å². The molecule has 4 aromatic rings. The Hall–Kier alpha value is -4.00. The third-order valence-electron chi connectivity index (χ3n) is 4.81. The van der Waals surface area contributed by atoms with Gasteiger partial charge in [0.1, 0.15) is 0 Å². The highest BCUT2D eigenvalue weighted by Crippen LogP contribution is 2.23. The molecule has 0 radical (unpaired) electrons. The van der Waals surface area contributed by atoms with E-state index in [9.17, 15) is 14.4 Å². The molecule has 0 spiro atoms. The van der Waals surface area contributed by atoms with Gasteiger partial charge in [-0.1, -0.05) is 54.6 Å². The zero-order valence-corrected chi connectivity index (χ0v) is 16.2. The van der Waals surface area contributed by atoms with E-state index in [0.717, 1.165) is 10.8 Å². The molecule has 1 aromatic heterocycles. The number of hydrogen-bond donors (Lipinski definition) is 2. The van der Waals surface area contributed by atoms with E-state index in [1.165, 1.54) is 6.92 Å². The van der Waals surface area contributed by atoms with Crippen molar-refractivity contribution >= 4 is 39.1 Å². The lowest BCUT2D eigenvalue weighted by Gasteiger charge is -2.15. The number of hydrogen-bond acceptors (Lipinski definition) is 5. The minimum atomic E-state index is -0.995. The van der Waals surface area contributed by atoms with Crippen LogP contribution in [0.4, 0.5) is 5.69 Å². The summed E-state index contributed by atoms with van der Waals surface area (Å²) in [7, 11) is 0. The fourth-order valence-corrected chi connectivity index (χ4v) is 3.30. The van der Waals surface area contributed by atoms with E-state index in [0.29, 0.717) is 22.2 Å². The molecule has 0 bridgehead atoms. The number of benzene rings is 3. The Morgan fingerprint density at radius 1 is 0.967 bits per heavy atom. The third kappa shape index (κ3) is 3.91. The number of anilines is 1. The third-order valence-corrected chi connectivity index (χ3v) is 4.81. The highest BCUT2D eigenvalue weighted by molar-refractivity contribution is 6.03. The molecule has 0 unspecified atom stereocenters. The van der Waals surface area contributed by atoms with Crippen LogP contribution in [0, 0.1) is 0 Å². The van der Waals surface area contributed by atoms with Crippen LogP contribution >= 0.6 is 0 Å². The van der Waals surface area contributed by atoms with E-state index in [1.54, 1.807) is 30.3 Å². The van der Waals surface area contributed by atoms with Gasteiger partial charge in [0.15, 0.2) is 6.10 Å². The molecule has 0 saturated carbocycles. The summed E-state index contributed by atoms with van der Waals surface area (Å²) in [6, 6.07) is 20.2. The molecule has 7 nitrogen and oxygen atoms in total. The number of aromatic nitrogens is 2. The molecule has 1 atom stereocenters. The number of nitrogens with one attached hydrogen (secondary N) is 2. The number of ether oxygens (including phenoxy) is 1. The summed E-state index contributed by atoms with van der Waals surface area (Å²) in [5, 5.41) is 12.1. The number of rotatable bonds is 5. The smallest absolute Gasteiger partial charge is 0.312 e. The Labute approximate surface area is 171 Å². The predicted molar refractivity (Wildman–Crippen MR) is 114 cm³/mol. The number of H-pyrrole nitrogens is 1. The zero-order valence-electron chi connectivity index (χ0n) is 16.2. The van der Waals surface area contributed by atoms with Gasteiger partial charge in [-0.3, -0.25) is 14.4 Å². The Morgan fingerprint density at radius 2 is 1.63 bits per heavy atom. The van der Waals surface area contributed by atoms with E-state index in [-0.39, 0.29) is 12.0 Å². The van der Waals surface area contributed by atoms with Gasteiger partial charge in [0.25, 0.3) is 11.5 Å². The number of aromatic amines is 1. The van der Waals surface area contributed by atoms with Crippen LogP contribution in [0.25, 0.3) is 21.5 Å².